The van der Waals surface area contributed by atoms with Gasteiger partial charge in [0, 0.05) is 19.5 Å². The molecule has 0 fully saturated rings. The van der Waals surface area contributed by atoms with Crippen LogP contribution in [0.4, 0.5) is 0 Å². The number of carbonyl (C=O) groups excluding carboxylic acids is 1. The summed E-state index contributed by atoms with van der Waals surface area (Å²) in [6, 6.07) is 17.9. The lowest BCUT2D eigenvalue weighted by molar-refractivity contribution is -0.131. The quantitative estimate of drug-likeness (QED) is 0.743. The van der Waals surface area contributed by atoms with Crippen molar-refractivity contribution >= 4 is 18.3 Å². The van der Waals surface area contributed by atoms with Crippen LogP contribution in [0.2, 0.25) is 0 Å². The number of ether oxygens (including phenoxy) is 1. The Bertz CT molecular complexity index is 617. The van der Waals surface area contributed by atoms with Crippen molar-refractivity contribution in [3.63, 3.8) is 0 Å². The van der Waals surface area contributed by atoms with Gasteiger partial charge in [-0.05, 0) is 42.6 Å². The van der Waals surface area contributed by atoms with Gasteiger partial charge in [0.05, 0.1) is 7.11 Å². The van der Waals surface area contributed by atoms with E-state index in [2.05, 4.69) is 0 Å². The van der Waals surface area contributed by atoms with E-state index >= 15 is 0 Å². The smallest absolute Gasteiger partial charge is 0.223 e. The minimum Gasteiger partial charge on any atom is -0.497 e. The molecule has 2 aromatic rings. The molecule has 0 aromatic heterocycles. The standard InChI is InChI=1S/C20H26N2O2.ClH/c1-24-19-11-8-17(9-12-19)10-13-20(23)22(15-5-14-21)16-18-6-3-2-4-7-18;/h2-4,6-9,11-12H,5,10,13-16,21H2,1H3;1H. The van der Waals surface area contributed by atoms with E-state index in [0.717, 1.165) is 29.7 Å². The Balaban J connectivity index is 0.00000312. The number of methoxy groups -OCH3 is 1. The molecule has 0 saturated heterocycles. The van der Waals surface area contributed by atoms with Crippen molar-refractivity contribution in [1.29, 1.82) is 0 Å². The van der Waals surface area contributed by atoms with Gasteiger partial charge in [-0.1, -0.05) is 42.5 Å². The monoisotopic (exact) mass is 362 g/mol. The SMILES string of the molecule is COc1ccc(CCC(=O)N(CCCN)Cc2ccccc2)cc1.Cl. The second kappa shape index (κ2) is 11.5. The predicted molar refractivity (Wildman–Crippen MR) is 104 cm³/mol. The highest BCUT2D eigenvalue weighted by molar-refractivity contribution is 5.85. The van der Waals surface area contributed by atoms with E-state index in [0.29, 0.717) is 26.1 Å². The summed E-state index contributed by atoms with van der Waals surface area (Å²) in [7, 11) is 1.65. The Morgan fingerprint density at radius 2 is 1.72 bits per heavy atom. The van der Waals surface area contributed by atoms with Gasteiger partial charge in [0.1, 0.15) is 5.75 Å². The second-order valence-electron chi connectivity index (χ2n) is 5.79. The van der Waals surface area contributed by atoms with Gasteiger partial charge in [-0.3, -0.25) is 4.79 Å². The number of benzene rings is 2. The van der Waals surface area contributed by atoms with Gasteiger partial charge in [0.25, 0.3) is 0 Å². The summed E-state index contributed by atoms with van der Waals surface area (Å²) in [5.74, 6) is 1.00. The molecule has 0 saturated carbocycles. The highest BCUT2D eigenvalue weighted by Crippen LogP contribution is 2.14. The molecule has 0 aliphatic heterocycles. The van der Waals surface area contributed by atoms with Gasteiger partial charge in [0.15, 0.2) is 0 Å². The van der Waals surface area contributed by atoms with Crippen molar-refractivity contribution in [3.05, 3.63) is 65.7 Å². The molecule has 2 rings (SSSR count). The lowest BCUT2D eigenvalue weighted by Gasteiger charge is -2.23. The Morgan fingerprint density at radius 3 is 2.32 bits per heavy atom. The summed E-state index contributed by atoms with van der Waals surface area (Å²) < 4.78 is 5.16. The number of amides is 1. The van der Waals surface area contributed by atoms with E-state index in [9.17, 15) is 4.79 Å². The number of carbonyl (C=O) groups is 1. The fourth-order valence-electron chi connectivity index (χ4n) is 2.58. The molecule has 136 valence electrons. The summed E-state index contributed by atoms with van der Waals surface area (Å²) >= 11 is 0. The Kier molecular flexibility index (Phi) is 9.66. The number of nitrogens with zero attached hydrogens (tertiary/aromatic N) is 1. The van der Waals surface area contributed by atoms with Crippen molar-refractivity contribution in [2.45, 2.75) is 25.8 Å². The number of hydrogen-bond donors (Lipinski definition) is 1. The average Bonchev–Trinajstić information content (AvgIpc) is 2.64. The van der Waals surface area contributed by atoms with Crippen LogP contribution in [-0.4, -0.2) is 31.0 Å². The van der Waals surface area contributed by atoms with E-state index in [-0.39, 0.29) is 18.3 Å². The van der Waals surface area contributed by atoms with E-state index in [1.165, 1.54) is 0 Å². The van der Waals surface area contributed by atoms with Crippen LogP contribution in [-0.2, 0) is 17.8 Å². The zero-order chi connectivity index (χ0) is 17.2. The molecule has 25 heavy (non-hydrogen) atoms. The van der Waals surface area contributed by atoms with Crippen LogP contribution >= 0.6 is 12.4 Å². The van der Waals surface area contributed by atoms with E-state index < -0.39 is 0 Å². The fourth-order valence-corrected chi connectivity index (χ4v) is 2.58. The summed E-state index contributed by atoms with van der Waals surface area (Å²) in [4.78, 5) is 14.5. The zero-order valence-corrected chi connectivity index (χ0v) is 15.5. The summed E-state index contributed by atoms with van der Waals surface area (Å²) in [5.41, 5.74) is 7.90. The molecule has 0 radical (unpaired) electrons. The fraction of sp³-hybridized carbons (Fsp3) is 0.350. The normalized spacial score (nSPS) is 10.0. The van der Waals surface area contributed by atoms with Gasteiger partial charge >= 0.3 is 0 Å². The number of rotatable bonds is 9. The van der Waals surface area contributed by atoms with Crippen LogP contribution in [0.5, 0.6) is 5.75 Å². The zero-order valence-electron chi connectivity index (χ0n) is 14.7. The topological polar surface area (TPSA) is 55.6 Å². The molecule has 5 heteroatoms. The first-order chi connectivity index (χ1) is 11.7. The molecule has 0 atom stereocenters. The highest BCUT2D eigenvalue weighted by atomic mass is 35.5. The van der Waals surface area contributed by atoms with Crippen molar-refractivity contribution < 1.29 is 9.53 Å². The van der Waals surface area contributed by atoms with Crippen LogP contribution in [0.15, 0.2) is 54.6 Å². The van der Waals surface area contributed by atoms with Crippen LogP contribution in [0.25, 0.3) is 0 Å². The molecular weight excluding hydrogens is 336 g/mol. The molecule has 0 spiro atoms. The summed E-state index contributed by atoms with van der Waals surface area (Å²) in [6.45, 7) is 1.94. The highest BCUT2D eigenvalue weighted by Gasteiger charge is 2.13. The van der Waals surface area contributed by atoms with Crippen LogP contribution in [0.1, 0.15) is 24.0 Å². The summed E-state index contributed by atoms with van der Waals surface area (Å²) in [6.07, 6.45) is 2.06. The van der Waals surface area contributed by atoms with Gasteiger partial charge in [-0.2, -0.15) is 0 Å². The molecule has 1 amide bonds. The Labute approximate surface area is 156 Å². The van der Waals surface area contributed by atoms with Crippen molar-refractivity contribution in [1.82, 2.24) is 4.90 Å². The minimum atomic E-state index is 0. The van der Waals surface area contributed by atoms with Crippen LogP contribution in [0.3, 0.4) is 0 Å². The average molecular weight is 363 g/mol. The maximum Gasteiger partial charge on any atom is 0.223 e. The van der Waals surface area contributed by atoms with Crippen LogP contribution < -0.4 is 10.5 Å². The molecule has 4 nitrogen and oxygen atoms in total. The molecular formula is C20H27ClN2O2. The molecule has 0 aliphatic carbocycles. The maximum atomic E-state index is 12.6. The van der Waals surface area contributed by atoms with E-state index in [4.69, 9.17) is 10.5 Å². The third-order valence-corrected chi connectivity index (χ3v) is 3.99. The number of hydrogen-bond acceptors (Lipinski definition) is 3. The van der Waals surface area contributed by atoms with Crippen molar-refractivity contribution in [2.75, 3.05) is 20.2 Å². The van der Waals surface area contributed by atoms with Gasteiger partial charge in [-0.25, -0.2) is 0 Å². The third-order valence-electron chi connectivity index (χ3n) is 3.99. The molecule has 2 aromatic carbocycles. The molecule has 0 heterocycles. The largest absolute Gasteiger partial charge is 0.497 e. The van der Waals surface area contributed by atoms with Crippen molar-refractivity contribution in [3.8, 4) is 5.75 Å². The van der Waals surface area contributed by atoms with Gasteiger partial charge in [0.2, 0.25) is 5.91 Å². The number of halogens is 1. The van der Waals surface area contributed by atoms with Gasteiger partial charge in [-0.15, -0.1) is 12.4 Å². The Morgan fingerprint density at radius 1 is 1.04 bits per heavy atom. The maximum absolute atomic E-state index is 12.6. The first-order valence-corrected chi connectivity index (χ1v) is 8.37. The van der Waals surface area contributed by atoms with E-state index in [1.807, 2.05) is 59.5 Å². The second-order valence-corrected chi connectivity index (χ2v) is 5.79. The third kappa shape index (κ3) is 7.16. The molecule has 0 bridgehead atoms. The molecule has 0 unspecified atom stereocenters. The lowest BCUT2D eigenvalue weighted by atomic mass is 10.1. The van der Waals surface area contributed by atoms with Crippen LogP contribution in [0, 0.1) is 0 Å². The molecule has 2 N–H and O–H groups in total. The molecule has 0 aliphatic rings. The predicted octanol–water partition coefficient (Wildman–Crippen LogP) is 3.43. The van der Waals surface area contributed by atoms with Gasteiger partial charge < -0.3 is 15.4 Å². The lowest BCUT2D eigenvalue weighted by Crippen LogP contribution is -2.32. The number of aryl methyl sites for hydroxylation is 1. The first-order valence-electron chi connectivity index (χ1n) is 8.37. The number of nitrogens with two attached hydrogens (primary N) is 1. The first kappa shape index (κ1) is 21.0. The Hall–Kier alpha value is -2.04. The van der Waals surface area contributed by atoms with E-state index in [1.54, 1.807) is 7.11 Å². The minimum absolute atomic E-state index is 0. The summed E-state index contributed by atoms with van der Waals surface area (Å²) in [5, 5.41) is 0. The van der Waals surface area contributed by atoms with Crippen molar-refractivity contribution in [2.24, 2.45) is 5.73 Å².